The minimum atomic E-state index is -4.39. The number of anilines is 1. The van der Waals surface area contributed by atoms with Gasteiger partial charge in [0, 0.05) is 17.3 Å². The molecule has 5 aromatic rings. The van der Waals surface area contributed by atoms with Crippen LogP contribution < -0.4 is 5.32 Å². The van der Waals surface area contributed by atoms with E-state index in [1.54, 1.807) is 50.5 Å². The van der Waals surface area contributed by atoms with Crippen molar-refractivity contribution in [2.75, 3.05) is 5.32 Å². The zero-order valence-electron chi connectivity index (χ0n) is 22.1. The molecule has 2 aromatic heterocycles. The number of carbonyl (C=O) groups excluding carboxylic acids is 1. The summed E-state index contributed by atoms with van der Waals surface area (Å²) in [6.45, 7) is 3.54. The highest BCUT2D eigenvalue weighted by atomic mass is 32.1. The number of rotatable bonds is 9. The molecule has 3 aromatic carbocycles. The van der Waals surface area contributed by atoms with Crippen molar-refractivity contribution in [3.63, 3.8) is 0 Å². The Bertz CT molecular complexity index is 1720. The molecule has 10 heteroatoms. The molecule has 0 aliphatic carbocycles. The molecule has 0 fully saturated rings. The number of hydrogen-bond donors (Lipinski definition) is 3. The maximum Gasteiger partial charge on any atom is 0.335 e. The van der Waals surface area contributed by atoms with Gasteiger partial charge in [0.05, 0.1) is 26.8 Å². The minimum Gasteiger partial charge on any atom is -0.324 e. The van der Waals surface area contributed by atoms with Crippen LogP contribution in [0.15, 0.2) is 91.3 Å². The fourth-order valence-corrected chi connectivity index (χ4v) is 7.17. The van der Waals surface area contributed by atoms with E-state index in [1.807, 2.05) is 59.2 Å². The van der Waals surface area contributed by atoms with Crippen LogP contribution in [-0.4, -0.2) is 30.2 Å². The molecular weight excluding hydrogens is 543 g/mol. The lowest BCUT2D eigenvalue weighted by Crippen LogP contribution is -2.24. The van der Waals surface area contributed by atoms with Crippen molar-refractivity contribution in [1.82, 2.24) is 14.5 Å². The van der Waals surface area contributed by atoms with Crippen LogP contribution in [0.1, 0.15) is 37.1 Å². The van der Waals surface area contributed by atoms with E-state index in [0.717, 1.165) is 32.3 Å². The number of imidazole rings is 1. The van der Waals surface area contributed by atoms with Crippen molar-refractivity contribution in [2.45, 2.75) is 31.8 Å². The number of para-hydroxylation sites is 2. The average Bonchev–Trinajstić information content (AvgIpc) is 3.58. The van der Waals surface area contributed by atoms with E-state index in [2.05, 4.69) is 10.3 Å². The molecule has 8 nitrogen and oxygen atoms in total. The second-order valence-corrected chi connectivity index (χ2v) is 12.3. The third-order valence-corrected chi connectivity index (χ3v) is 10.2. The Morgan fingerprint density at radius 2 is 1.68 bits per heavy atom. The summed E-state index contributed by atoms with van der Waals surface area (Å²) in [7, 11) is -4.39. The molecule has 0 spiro atoms. The Morgan fingerprint density at radius 3 is 2.35 bits per heavy atom. The van der Waals surface area contributed by atoms with Crippen molar-refractivity contribution in [3.8, 4) is 16.4 Å². The van der Waals surface area contributed by atoms with Crippen molar-refractivity contribution in [3.05, 3.63) is 102 Å². The summed E-state index contributed by atoms with van der Waals surface area (Å²) in [5.41, 5.74) is 4.60. The molecule has 0 aliphatic heterocycles. The molecule has 0 saturated carbocycles. The molecule has 5 rings (SSSR count). The number of amides is 1. The fourth-order valence-electron chi connectivity index (χ4n) is 4.89. The Hall–Kier alpha value is -3.88. The second kappa shape index (κ2) is 11.3. The predicted octanol–water partition coefficient (Wildman–Crippen LogP) is 6.99. The van der Waals surface area contributed by atoms with Gasteiger partial charge in [-0.2, -0.15) is 0 Å². The van der Waals surface area contributed by atoms with Crippen LogP contribution in [0.2, 0.25) is 0 Å². The van der Waals surface area contributed by atoms with Crippen LogP contribution in [0.3, 0.4) is 0 Å². The van der Waals surface area contributed by atoms with Gasteiger partial charge >= 0.3 is 7.60 Å². The van der Waals surface area contributed by atoms with E-state index in [4.69, 9.17) is 4.98 Å². The highest BCUT2D eigenvalue weighted by molar-refractivity contribution is 7.53. The van der Waals surface area contributed by atoms with E-state index in [9.17, 15) is 19.1 Å². The summed E-state index contributed by atoms with van der Waals surface area (Å²) >= 11 is 1.46. The number of fused-ring (bicyclic) bond motifs is 1. The molecule has 204 valence electrons. The number of benzene rings is 3. The van der Waals surface area contributed by atoms with Gasteiger partial charge in [-0.05, 0) is 48.7 Å². The largest absolute Gasteiger partial charge is 0.335 e. The molecule has 0 saturated heterocycles. The maximum atomic E-state index is 12.8. The van der Waals surface area contributed by atoms with E-state index in [1.165, 1.54) is 17.4 Å². The van der Waals surface area contributed by atoms with Crippen molar-refractivity contribution in [1.29, 1.82) is 0 Å². The first-order valence-electron chi connectivity index (χ1n) is 12.9. The number of thiazole rings is 1. The van der Waals surface area contributed by atoms with E-state index in [-0.39, 0.29) is 5.91 Å². The van der Waals surface area contributed by atoms with Crippen LogP contribution in [0, 0.1) is 0 Å². The summed E-state index contributed by atoms with van der Waals surface area (Å²) in [5.74, 6) is -0.331. The summed E-state index contributed by atoms with van der Waals surface area (Å²) in [4.78, 5) is 43.1. The molecular formula is C30H29N4O4PS. The van der Waals surface area contributed by atoms with Gasteiger partial charge in [-0.25, -0.2) is 9.97 Å². The van der Waals surface area contributed by atoms with Crippen LogP contribution in [0.25, 0.3) is 33.5 Å². The molecule has 0 aliphatic rings. The Balaban J connectivity index is 1.40. The average molecular weight is 573 g/mol. The van der Waals surface area contributed by atoms with Gasteiger partial charge < -0.3 is 15.1 Å². The van der Waals surface area contributed by atoms with Crippen molar-refractivity contribution >= 4 is 47.6 Å². The van der Waals surface area contributed by atoms with Gasteiger partial charge in [-0.3, -0.25) is 13.9 Å². The molecule has 0 unspecified atom stereocenters. The number of nitrogens with one attached hydrogen (secondary N) is 1. The summed E-state index contributed by atoms with van der Waals surface area (Å²) in [6.07, 6.45) is 5.57. The van der Waals surface area contributed by atoms with Gasteiger partial charge in [0.25, 0.3) is 0 Å². The molecule has 0 bridgehead atoms. The second-order valence-electron chi connectivity index (χ2n) is 9.36. The first kappa shape index (κ1) is 27.7. The lowest BCUT2D eigenvalue weighted by Gasteiger charge is -2.33. The highest BCUT2D eigenvalue weighted by Gasteiger charge is 2.45. The van der Waals surface area contributed by atoms with Crippen molar-refractivity contribution < 1.29 is 19.1 Å². The lowest BCUT2D eigenvalue weighted by atomic mass is 9.92. The van der Waals surface area contributed by atoms with E-state index >= 15 is 0 Å². The molecule has 0 atom stereocenters. The summed E-state index contributed by atoms with van der Waals surface area (Å²) in [5, 5.41) is 2.33. The van der Waals surface area contributed by atoms with Crippen LogP contribution in [-0.2, 0) is 14.5 Å². The molecule has 1 amide bonds. The Labute approximate surface area is 236 Å². The summed E-state index contributed by atoms with van der Waals surface area (Å²) < 4.78 is 14.2. The van der Waals surface area contributed by atoms with Gasteiger partial charge in [-0.1, -0.05) is 79.8 Å². The highest BCUT2D eigenvalue weighted by Crippen LogP contribution is 2.60. The maximum absolute atomic E-state index is 12.8. The molecule has 0 radical (unpaired) electrons. The number of carbonyl (C=O) groups is 1. The first-order valence-corrected chi connectivity index (χ1v) is 15.3. The SMILES string of the molecule is CCC(CC)(c1ccc(NC(=O)/C=C/c2sc(-n3cnc4ccccc43)nc2-c2ccccc2)cc1)P(=O)(O)O. The van der Waals surface area contributed by atoms with E-state index < -0.39 is 12.8 Å². The summed E-state index contributed by atoms with van der Waals surface area (Å²) in [6, 6.07) is 24.3. The van der Waals surface area contributed by atoms with Gasteiger partial charge in [0.1, 0.15) is 6.33 Å². The normalized spacial score (nSPS) is 12.3. The van der Waals surface area contributed by atoms with Crippen LogP contribution in [0.4, 0.5) is 5.69 Å². The smallest absolute Gasteiger partial charge is 0.324 e. The topological polar surface area (TPSA) is 117 Å². The van der Waals surface area contributed by atoms with Gasteiger partial charge in [-0.15, -0.1) is 0 Å². The van der Waals surface area contributed by atoms with Crippen LogP contribution >= 0.6 is 18.9 Å². The Morgan fingerprint density at radius 1 is 1.00 bits per heavy atom. The first-order chi connectivity index (χ1) is 19.3. The zero-order chi connectivity index (χ0) is 28.3. The third-order valence-electron chi connectivity index (χ3n) is 7.15. The molecule has 3 N–H and O–H groups in total. The van der Waals surface area contributed by atoms with Gasteiger partial charge in [0.15, 0.2) is 5.13 Å². The van der Waals surface area contributed by atoms with Crippen LogP contribution in [0.5, 0.6) is 0 Å². The quantitative estimate of drug-likeness (QED) is 0.129. The third kappa shape index (κ3) is 5.29. The number of nitrogens with zero attached hydrogens (tertiary/aromatic N) is 3. The van der Waals surface area contributed by atoms with E-state index in [0.29, 0.717) is 24.1 Å². The monoisotopic (exact) mass is 572 g/mol. The lowest BCUT2D eigenvalue weighted by molar-refractivity contribution is -0.111. The number of hydrogen-bond acceptors (Lipinski definition) is 5. The molecule has 40 heavy (non-hydrogen) atoms. The number of aromatic nitrogens is 3. The standard InChI is InChI=1S/C30H29N4O4PS/c1-3-30(4-2,39(36,37)38)22-14-16-23(17-15-22)32-27(35)19-18-26-28(21-10-6-5-7-11-21)33-29(40-26)34-20-31-24-12-8-9-13-25(24)34/h5-20H,3-4H2,1-2H3,(H,32,35)(H2,36,37,38)/b19-18+. The Kier molecular flexibility index (Phi) is 7.83. The van der Waals surface area contributed by atoms with Crippen molar-refractivity contribution in [2.24, 2.45) is 0 Å². The minimum absolute atomic E-state index is 0.303. The predicted molar refractivity (Wildman–Crippen MR) is 161 cm³/mol. The van der Waals surface area contributed by atoms with Gasteiger partial charge in [0.2, 0.25) is 5.91 Å². The fraction of sp³-hybridized carbons (Fsp3) is 0.167. The molecule has 2 heterocycles. The zero-order valence-corrected chi connectivity index (χ0v) is 23.8.